The maximum Gasteiger partial charge on any atom is 0.260 e. The third-order valence-corrected chi connectivity index (χ3v) is 4.71. The van der Waals surface area contributed by atoms with Gasteiger partial charge in [-0.3, -0.25) is 4.79 Å². The summed E-state index contributed by atoms with van der Waals surface area (Å²) in [6.45, 7) is -0.379. The maximum atomic E-state index is 11.7. The molecule has 0 aliphatic rings. The van der Waals surface area contributed by atoms with Gasteiger partial charge in [-0.05, 0) is 19.8 Å². The Morgan fingerprint density at radius 3 is 2.52 bits per heavy atom. The fraction of sp³-hybridized carbons (Fsp3) is 0.538. The van der Waals surface area contributed by atoms with E-state index in [4.69, 9.17) is 9.47 Å². The molecule has 0 saturated heterocycles. The molecule has 2 aromatic rings. The van der Waals surface area contributed by atoms with Gasteiger partial charge in [0.05, 0.1) is 37.9 Å². The number of aromatic nitrogens is 3. The zero-order chi connectivity index (χ0) is 20.1. The first-order chi connectivity index (χ1) is 12.6. The largest absolute Gasteiger partial charge is 0.811 e. The van der Waals surface area contributed by atoms with E-state index in [1.165, 1.54) is 6.33 Å². The third kappa shape index (κ3) is 7.65. The van der Waals surface area contributed by atoms with E-state index in [0.29, 0.717) is 11.0 Å². The number of aromatic amines is 1. The number of rotatable bonds is 11. The zero-order valence-electron chi connectivity index (χ0n) is 14.0. The van der Waals surface area contributed by atoms with Crippen LogP contribution in [-0.2, 0) is 25.1 Å². The molecule has 1 unspecified atom stereocenters. The summed E-state index contributed by atoms with van der Waals surface area (Å²) in [5, 5.41) is 0.348. The minimum absolute atomic E-state index is 0.0646. The van der Waals surface area contributed by atoms with Crippen molar-refractivity contribution in [1.29, 1.82) is 0 Å². The monoisotopic (exact) mass is 421 g/mol. The van der Waals surface area contributed by atoms with E-state index < -0.39 is 33.6 Å². The lowest BCUT2D eigenvalue weighted by Gasteiger charge is -2.30. The Labute approximate surface area is 153 Å². The van der Waals surface area contributed by atoms with Gasteiger partial charge in [0, 0.05) is 18.7 Å². The number of nitrogens with one attached hydrogen (secondary N) is 1. The molecule has 2 aromatic heterocycles. The highest BCUT2D eigenvalue weighted by Crippen LogP contribution is 2.23. The zero-order valence-corrected chi connectivity index (χ0v) is 15.8. The van der Waals surface area contributed by atoms with Crippen LogP contribution in [0, 0.1) is 5.92 Å². The number of ether oxygens (including phenoxy) is 2. The lowest BCUT2D eigenvalue weighted by Crippen LogP contribution is -2.26. The standard InChI is InChI=1S/C13H21N3O9P2/c17-13-11-1-2-16(12(11)14-8-15-13)5-10(7-25-9-27(21,22)23)6-24-3-4-26(18,19)20/h1-2,8,10H,3-7,9H2,(H,14,15,17)(H2,18,19,20)(H2,21,22,23)/p-4. The maximum absolute atomic E-state index is 11.7. The molecule has 27 heavy (non-hydrogen) atoms. The highest BCUT2D eigenvalue weighted by atomic mass is 31.2. The van der Waals surface area contributed by atoms with Crippen LogP contribution < -0.4 is 25.1 Å². The highest BCUT2D eigenvalue weighted by Gasteiger charge is 2.14. The van der Waals surface area contributed by atoms with Gasteiger partial charge in [-0.15, -0.1) is 0 Å². The first-order valence-corrected chi connectivity index (χ1v) is 11.2. The summed E-state index contributed by atoms with van der Waals surface area (Å²) in [5.74, 6) is -0.495. The molecule has 152 valence electrons. The average Bonchev–Trinajstić information content (AvgIpc) is 2.93. The summed E-state index contributed by atoms with van der Waals surface area (Å²) in [6.07, 6.45) is 1.15. The summed E-state index contributed by atoms with van der Waals surface area (Å²) in [6, 6.07) is 1.55. The van der Waals surface area contributed by atoms with E-state index >= 15 is 0 Å². The van der Waals surface area contributed by atoms with Crippen molar-refractivity contribution < 1.29 is 38.2 Å². The smallest absolute Gasteiger partial charge is 0.260 e. The van der Waals surface area contributed by atoms with Crippen LogP contribution >= 0.6 is 15.2 Å². The molecule has 12 nitrogen and oxygen atoms in total. The van der Waals surface area contributed by atoms with E-state index in [1.54, 1.807) is 16.8 Å². The van der Waals surface area contributed by atoms with Gasteiger partial charge >= 0.3 is 0 Å². The Morgan fingerprint density at radius 2 is 1.85 bits per heavy atom. The van der Waals surface area contributed by atoms with E-state index in [-0.39, 0.29) is 31.9 Å². The van der Waals surface area contributed by atoms with Crippen LogP contribution in [0.15, 0.2) is 23.4 Å². The predicted octanol–water partition coefficient (Wildman–Crippen LogP) is -2.84. The fourth-order valence-electron chi connectivity index (χ4n) is 2.35. The first-order valence-electron chi connectivity index (χ1n) is 7.75. The van der Waals surface area contributed by atoms with Crippen molar-refractivity contribution in [1.82, 2.24) is 14.5 Å². The second-order valence-corrected chi connectivity index (χ2v) is 8.97. The van der Waals surface area contributed by atoms with Crippen LogP contribution in [0.5, 0.6) is 0 Å². The van der Waals surface area contributed by atoms with Crippen LogP contribution in [0.3, 0.4) is 0 Å². The molecule has 1 atom stereocenters. The normalized spacial score (nSPS) is 13.9. The van der Waals surface area contributed by atoms with Gasteiger partial charge in [0.1, 0.15) is 5.65 Å². The minimum atomic E-state index is -4.84. The van der Waals surface area contributed by atoms with E-state index in [9.17, 15) is 33.5 Å². The Hall–Kier alpha value is -1.36. The lowest BCUT2D eigenvalue weighted by atomic mass is 10.2. The fourth-order valence-corrected chi connectivity index (χ4v) is 3.03. The van der Waals surface area contributed by atoms with Crippen LogP contribution in [-0.4, -0.2) is 46.9 Å². The van der Waals surface area contributed by atoms with Crippen LogP contribution in [0.4, 0.5) is 0 Å². The van der Waals surface area contributed by atoms with Crippen molar-refractivity contribution in [3.8, 4) is 0 Å². The Kier molecular flexibility index (Phi) is 7.49. The topological polar surface area (TPSA) is 196 Å². The van der Waals surface area contributed by atoms with E-state index in [0.717, 1.165) is 0 Å². The van der Waals surface area contributed by atoms with Crippen molar-refractivity contribution >= 4 is 26.2 Å². The summed E-state index contributed by atoms with van der Waals surface area (Å²) in [5.41, 5.74) is 0.0498. The molecule has 0 fully saturated rings. The molecule has 2 rings (SSSR count). The van der Waals surface area contributed by atoms with Crippen molar-refractivity contribution in [3.05, 3.63) is 28.9 Å². The molecule has 0 aliphatic heterocycles. The molecular weight excluding hydrogens is 404 g/mol. The minimum Gasteiger partial charge on any atom is -0.811 e. The van der Waals surface area contributed by atoms with Gasteiger partial charge in [-0.2, -0.15) is 0 Å². The van der Waals surface area contributed by atoms with Crippen LogP contribution in [0.25, 0.3) is 11.0 Å². The quantitative estimate of drug-likeness (QED) is 0.291. The van der Waals surface area contributed by atoms with Gasteiger partial charge in [0.25, 0.3) is 5.56 Å². The Morgan fingerprint density at radius 1 is 1.15 bits per heavy atom. The van der Waals surface area contributed by atoms with Crippen LogP contribution in [0.1, 0.15) is 0 Å². The number of nitrogens with zero attached hydrogens (tertiary/aromatic N) is 2. The molecule has 14 heteroatoms. The molecule has 0 saturated carbocycles. The van der Waals surface area contributed by atoms with Gasteiger partial charge in [0.15, 0.2) is 0 Å². The number of H-pyrrole nitrogens is 1. The molecule has 0 radical (unpaired) electrons. The molecule has 0 aliphatic carbocycles. The Bertz CT molecular complexity index is 900. The molecule has 1 N–H and O–H groups in total. The summed E-state index contributed by atoms with van der Waals surface area (Å²) >= 11 is 0. The molecule has 0 amide bonds. The number of hydrogen-bond acceptors (Lipinski definition) is 10. The van der Waals surface area contributed by atoms with Gasteiger partial charge in [0.2, 0.25) is 0 Å². The van der Waals surface area contributed by atoms with Crippen molar-refractivity contribution in [2.45, 2.75) is 6.54 Å². The van der Waals surface area contributed by atoms with Gasteiger partial charge in [-0.1, -0.05) is 7.60 Å². The van der Waals surface area contributed by atoms with Gasteiger partial charge in [-0.25, -0.2) is 4.98 Å². The first kappa shape index (κ1) is 21.9. The molecule has 0 bridgehead atoms. The van der Waals surface area contributed by atoms with Crippen molar-refractivity contribution in [3.63, 3.8) is 0 Å². The van der Waals surface area contributed by atoms with E-state index in [2.05, 4.69) is 9.97 Å². The molecule has 2 heterocycles. The SMILES string of the molecule is O=c1[nH]cnc2c1ccn2CC(COCCP(=O)([O-])[O-])COCP(=O)([O-])[O-]. The number of fused-ring (bicyclic) bond motifs is 1. The average molecular weight is 421 g/mol. The van der Waals surface area contributed by atoms with Crippen molar-refractivity contribution in [2.75, 3.05) is 32.3 Å². The molecule has 0 spiro atoms. The Balaban J connectivity index is 2.03. The van der Waals surface area contributed by atoms with Gasteiger partial charge < -0.3 is 47.7 Å². The van der Waals surface area contributed by atoms with Crippen LogP contribution in [0.2, 0.25) is 0 Å². The highest BCUT2D eigenvalue weighted by molar-refractivity contribution is 7.48. The third-order valence-electron chi connectivity index (χ3n) is 3.48. The van der Waals surface area contributed by atoms with E-state index in [1.807, 2.05) is 0 Å². The molecule has 0 aromatic carbocycles. The lowest BCUT2D eigenvalue weighted by molar-refractivity contribution is -0.319. The summed E-state index contributed by atoms with van der Waals surface area (Å²) in [4.78, 5) is 60.8. The molecular formula is C13H17N3O9P2-4. The second kappa shape index (κ2) is 9.22. The van der Waals surface area contributed by atoms with Crippen molar-refractivity contribution in [2.24, 2.45) is 5.92 Å². The second-order valence-electron chi connectivity index (χ2n) is 5.82. The summed E-state index contributed by atoms with van der Waals surface area (Å²) < 4.78 is 33.0. The summed E-state index contributed by atoms with van der Waals surface area (Å²) in [7, 11) is -9.53. The predicted molar refractivity (Wildman–Crippen MR) is 85.6 cm³/mol. The number of hydrogen-bond donors (Lipinski definition) is 1.